The molecule has 6 nitrogen and oxygen atoms in total. The fourth-order valence-corrected chi connectivity index (χ4v) is 3.00. The molecule has 0 aliphatic carbocycles. The lowest BCUT2D eigenvalue weighted by Gasteiger charge is -2.32. The van der Waals surface area contributed by atoms with Gasteiger partial charge in [0.2, 0.25) is 5.91 Å². The molecule has 2 aromatic rings. The van der Waals surface area contributed by atoms with Crippen LogP contribution < -0.4 is 5.32 Å². The molecule has 1 N–H and O–H groups in total. The number of morpholine rings is 1. The molecule has 6 heteroatoms. The van der Waals surface area contributed by atoms with E-state index in [0.29, 0.717) is 19.8 Å². The van der Waals surface area contributed by atoms with Crippen LogP contribution in [0.1, 0.15) is 18.3 Å². The van der Waals surface area contributed by atoms with Crippen molar-refractivity contribution < 1.29 is 9.53 Å². The average molecular weight is 328 g/mol. The predicted octanol–water partition coefficient (Wildman–Crippen LogP) is 2.15. The smallest absolute Gasteiger partial charge is 0.238 e. The number of rotatable bonds is 4. The van der Waals surface area contributed by atoms with Crippen molar-refractivity contribution in [3.05, 3.63) is 41.7 Å². The zero-order chi connectivity index (χ0) is 17.1. The molecule has 0 radical (unpaired) electrons. The molecule has 1 fully saturated rings. The molecule has 1 saturated heterocycles. The van der Waals surface area contributed by atoms with Gasteiger partial charge in [-0.2, -0.15) is 5.10 Å². The van der Waals surface area contributed by atoms with Gasteiger partial charge in [0, 0.05) is 12.6 Å². The van der Waals surface area contributed by atoms with Crippen LogP contribution in [0, 0.1) is 13.8 Å². The Labute approximate surface area is 142 Å². The Hall–Kier alpha value is -2.18. The summed E-state index contributed by atoms with van der Waals surface area (Å²) in [5.74, 6) is -0.0115. The van der Waals surface area contributed by atoms with Crippen LogP contribution in [-0.4, -0.2) is 52.9 Å². The lowest BCUT2D eigenvalue weighted by atomic mass is 10.2. The van der Waals surface area contributed by atoms with Crippen LogP contribution in [0.4, 0.5) is 5.69 Å². The van der Waals surface area contributed by atoms with Gasteiger partial charge in [0.05, 0.1) is 42.5 Å². The molecule has 0 bridgehead atoms. The summed E-state index contributed by atoms with van der Waals surface area (Å²) in [7, 11) is 0. The topological polar surface area (TPSA) is 59.4 Å². The van der Waals surface area contributed by atoms with E-state index in [-0.39, 0.29) is 11.9 Å². The van der Waals surface area contributed by atoms with E-state index >= 15 is 0 Å². The van der Waals surface area contributed by atoms with Gasteiger partial charge in [0.1, 0.15) is 0 Å². The van der Waals surface area contributed by atoms with Gasteiger partial charge in [0.15, 0.2) is 0 Å². The van der Waals surface area contributed by atoms with Crippen molar-refractivity contribution in [1.29, 1.82) is 0 Å². The van der Waals surface area contributed by atoms with Crippen molar-refractivity contribution in [2.24, 2.45) is 0 Å². The van der Waals surface area contributed by atoms with E-state index < -0.39 is 0 Å². The molecule has 1 atom stereocenters. The Morgan fingerprint density at radius 1 is 1.33 bits per heavy atom. The third kappa shape index (κ3) is 3.49. The van der Waals surface area contributed by atoms with Crippen LogP contribution >= 0.6 is 0 Å². The Balaban J connectivity index is 1.73. The number of ether oxygens (including phenoxy) is 1. The van der Waals surface area contributed by atoms with E-state index in [2.05, 4.69) is 22.2 Å². The minimum Gasteiger partial charge on any atom is -0.379 e. The van der Waals surface area contributed by atoms with Crippen LogP contribution in [0.15, 0.2) is 30.3 Å². The number of nitrogens with zero attached hydrogens (tertiary/aromatic N) is 3. The van der Waals surface area contributed by atoms with Gasteiger partial charge < -0.3 is 10.1 Å². The molecule has 1 amide bonds. The fraction of sp³-hybridized carbons (Fsp3) is 0.444. The quantitative estimate of drug-likeness (QED) is 0.934. The van der Waals surface area contributed by atoms with Gasteiger partial charge >= 0.3 is 0 Å². The van der Waals surface area contributed by atoms with Crippen LogP contribution in [-0.2, 0) is 9.53 Å². The van der Waals surface area contributed by atoms with E-state index in [1.54, 1.807) is 0 Å². The normalized spacial score (nSPS) is 18.5. The Morgan fingerprint density at radius 3 is 2.79 bits per heavy atom. The molecule has 24 heavy (non-hydrogen) atoms. The third-order valence-corrected chi connectivity index (χ3v) is 4.41. The second kappa shape index (κ2) is 7.15. The zero-order valence-electron chi connectivity index (χ0n) is 14.5. The van der Waals surface area contributed by atoms with Crippen molar-refractivity contribution in [3.63, 3.8) is 0 Å². The number of hydrogen-bond donors (Lipinski definition) is 1. The number of carbonyl (C=O) groups is 1. The van der Waals surface area contributed by atoms with Gasteiger partial charge in [-0.05, 0) is 32.9 Å². The van der Waals surface area contributed by atoms with Crippen molar-refractivity contribution in [2.75, 3.05) is 31.6 Å². The lowest BCUT2D eigenvalue weighted by Crippen LogP contribution is -2.47. The lowest BCUT2D eigenvalue weighted by molar-refractivity contribution is -0.119. The molecule has 2 heterocycles. The molecule has 1 aromatic carbocycles. The molecule has 0 unspecified atom stereocenters. The summed E-state index contributed by atoms with van der Waals surface area (Å²) in [5, 5.41) is 7.60. The Morgan fingerprint density at radius 2 is 2.08 bits per heavy atom. The van der Waals surface area contributed by atoms with E-state index in [4.69, 9.17) is 4.74 Å². The summed E-state index contributed by atoms with van der Waals surface area (Å²) in [4.78, 5) is 14.6. The molecular formula is C18H24N4O2. The summed E-state index contributed by atoms with van der Waals surface area (Å²) in [6.07, 6.45) is 0. The maximum absolute atomic E-state index is 12.4. The van der Waals surface area contributed by atoms with E-state index in [9.17, 15) is 4.79 Å². The van der Waals surface area contributed by atoms with Gasteiger partial charge in [-0.15, -0.1) is 0 Å². The van der Waals surface area contributed by atoms with Gasteiger partial charge in [0.25, 0.3) is 0 Å². The van der Waals surface area contributed by atoms with Crippen molar-refractivity contribution in [2.45, 2.75) is 26.8 Å². The highest BCUT2D eigenvalue weighted by Crippen LogP contribution is 2.22. The predicted molar refractivity (Wildman–Crippen MR) is 93.5 cm³/mol. The summed E-state index contributed by atoms with van der Waals surface area (Å²) in [6, 6.07) is 10.2. The standard InChI is InChI=1S/C18H24N4O2/c1-13-12-24-10-9-21(13)11-17(23)19-18-14(2)20-22(15(18)3)16-7-5-4-6-8-16/h4-8,13H,9-12H2,1-3H3,(H,19,23)/t13-/m0/s1. The maximum Gasteiger partial charge on any atom is 0.238 e. The van der Waals surface area contributed by atoms with Gasteiger partial charge in [-0.25, -0.2) is 4.68 Å². The van der Waals surface area contributed by atoms with Crippen LogP contribution in [0.2, 0.25) is 0 Å². The fourth-order valence-electron chi connectivity index (χ4n) is 3.00. The van der Waals surface area contributed by atoms with Crippen molar-refractivity contribution in [3.8, 4) is 5.69 Å². The van der Waals surface area contributed by atoms with Gasteiger partial charge in [-0.1, -0.05) is 18.2 Å². The minimum atomic E-state index is -0.0115. The first-order valence-electron chi connectivity index (χ1n) is 8.29. The number of nitrogens with one attached hydrogen (secondary N) is 1. The first-order chi connectivity index (χ1) is 11.6. The molecule has 0 saturated carbocycles. The van der Waals surface area contributed by atoms with Crippen LogP contribution in [0.25, 0.3) is 5.69 Å². The molecular weight excluding hydrogens is 304 g/mol. The second-order valence-corrected chi connectivity index (χ2v) is 6.24. The number of carbonyl (C=O) groups excluding carboxylic acids is 1. The molecule has 1 aromatic heterocycles. The van der Waals surface area contributed by atoms with Gasteiger partial charge in [-0.3, -0.25) is 9.69 Å². The largest absolute Gasteiger partial charge is 0.379 e. The molecule has 1 aliphatic rings. The number of aromatic nitrogens is 2. The monoisotopic (exact) mass is 328 g/mol. The number of amides is 1. The third-order valence-electron chi connectivity index (χ3n) is 4.41. The zero-order valence-corrected chi connectivity index (χ0v) is 14.5. The summed E-state index contributed by atoms with van der Waals surface area (Å²) in [5.41, 5.74) is 3.53. The molecule has 1 aliphatic heterocycles. The van der Waals surface area contributed by atoms with Crippen LogP contribution in [0.5, 0.6) is 0 Å². The van der Waals surface area contributed by atoms with E-state index in [1.165, 1.54) is 0 Å². The summed E-state index contributed by atoms with van der Waals surface area (Å²) in [6.45, 7) is 8.49. The number of anilines is 1. The highest BCUT2D eigenvalue weighted by atomic mass is 16.5. The SMILES string of the molecule is Cc1nn(-c2ccccc2)c(C)c1NC(=O)CN1CCOC[C@@H]1C. The first-order valence-corrected chi connectivity index (χ1v) is 8.29. The number of benzene rings is 1. The first kappa shape index (κ1) is 16.7. The van der Waals surface area contributed by atoms with Crippen LogP contribution in [0.3, 0.4) is 0 Å². The van der Waals surface area contributed by atoms with Crippen molar-refractivity contribution >= 4 is 11.6 Å². The molecule has 0 spiro atoms. The van der Waals surface area contributed by atoms with Crippen molar-refractivity contribution in [1.82, 2.24) is 14.7 Å². The number of para-hydroxylation sites is 1. The Kier molecular flexibility index (Phi) is 4.97. The number of aryl methyl sites for hydroxylation is 1. The number of hydrogen-bond acceptors (Lipinski definition) is 4. The Bertz CT molecular complexity index is 711. The highest BCUT2D eigenvalue weighted by molar-refractivity contribution is 5.93. The molecule has 128 valence electrons. The highest BCUT2D eigenvalue weighted by Gasteiger charge is 2.22. The minimum absolute atomic E-state index is 0.0115. The average Bonchev–Trinajstić information content (AvgIpc) is 2.86. The summed E-state index contributed by atoms with van der Waals surface area (Å²) < 4.78 is 7.28. The maximum atomic E-state index is 12.4. The second-order valence-electron chi connectivity index (χ2n) is 6.24. The molecule has 3 rings (SSSR count). The summed E-state index contributed by atoms with van der Waals surface area (Å²) >= 11 is 0. The van der Waals surface area contributed by atoms with E-state index in [0.717, 1.165) is 29.3 Å². The van der Waals surface area contributed by atoms with E-state index in [1.807, 2.05) is 48.9 Å².